The van der Waals surface area contributed by atoms with Gasteiger partial charge >= 0.3 is 0 Å². The van der Waals surface area contributed by atoms with Crippen LogP contribution in [0.2, 0.25) is 0 Å². The molecule has 1 aromatic rings. The van der Waals surface area contributed by atoms with E-state index < -0.39 is 16.3 Å². The Kier molecular flexibility index (Phi) is 5.04. The molecule has 0 fully saturated rings. The maximum absolute atomic E-state index is 12.6. The fourth-order valence-corrected chi connectivity index (χ4v) is 3.53. The molecule has 22 heavy (non-hydrogen) atoms. The number of hydrogen-bond acceptors (Lipinski definition) is 7. The van der Waals surface area contributed by atoms with E-state index in [1.54, 1.807) is 11.6 Å². The molecule has 0 saturated heterocycles. The van der Waals surface area contributed by atoms with E-state index in [1.807, 2.05) is 0 Å². The smallest absolute Gasteiger partial charge is 0.243 e. The van der Waals surface area contributed by atoms with Crippen molar-refractivity contribution in [2.45, 2.75) is 11.1 Å². The topological polar surface area (TPSA) is 108 Å². The van der Waals surface area contributed by atoms with Gasteiger partial charge in [0.2, 0.25) is 10.0 Å². The third-order valence-electron chi connectivity index (χ3n) is 3.38. The van der Waals surface area contributed by atoms with Crippen LogP contribution in [0.15, 0.2) is 34.7 Å². The number of rotatable bonds is 6. The molecule has 0 bridgehead atoms. The summed E-state index contributed by atoms with van der Waals surface area (Å²) < 4.78 is 36.6. The number of nitrogens with one attached hydrogen (secondary N) is 1. The summed E-state index contributed by atoms with van der Waals surface area (Å²) in [5.74, 6) is 0.745. The second-order valence-electron chi connectivity index (χ2n) is 4.63. The van der Waals surface area contributed by atoms with Crippen molar-refractivity contribution < 1.29 is 28.2 Å². The van der Waals surface area contributed by atoms with Gasteiger partial charge in [0.15, 0.2) is 11.5 Å². The average molecular weight is 330 g/mol. The summed E-state index contributed by atoms with van der Waals surface area (Å²) in [6.45, 7) is 0.107. The molecule has 1 aliphatic rings. The maximum Gasteiger partial charge on any atom is 0.243 e. The van der Waals surface area contributed by atoms with Crippen molar-refractivity contribution in [2.24, 2.45) is 0 Å². The molecule has 3 N–H and O–H groups in total. The van der Waals surface area contributed by atoms with Crippen molar-refractivity contribution in [2.75, 3.05) is 27.3 Å². The van der Waals surface area contributed by atoms with Gasteiger partial charge in [0.25, 0.3) is 0 Å². The molecule has 122 valence electrons. The van der Waals surface area contributed by atoms with Crippen LogP contribution in [0.5, 0.6) is 11.5 Å². The molecule has 8 nitrogen and oxygen atoms in total. The van der Waals surface area contributed by atoms with E-state index in [9.17, 15) is 13.5 Å². The third-order valence-corrected chi connectivity index (χ3v) is 5.19. The monoisotopic (exact) mass is 330 g/mol. The second-order valence-corrected chi connectivity index (χ2v) is 6.56. The lowest BCUT2D eigenvalue weighted by molar-refractivity contribution is 0.0237. The van der Waals surface area contributed by atoms with E-state index in [0.717, 1.165) is 0 Å². The first-order chi connectivity index (χ1) is 10.4. The van der Waals surface area contributed by atoms with Gasteiger partial charge in [-0.05, 0) is 17.7 Å². The fourth-order valence-electron chi connectivity index (χ4n) is 2.14. The van der Waals surface area contributed by atoms with Crippen LogP contribution in [0, 0.1) is 0 Å². The molecule has 1 unspecified atom stereocenters. The first-order valence-corrected chi connectivity index (χ1v) is 7.86. The highest BCUT2D eigenvalue weighted by atomic mass is 32.2. The van der Waals surface area contributed by atoms with Gasteiger partial charge in [0.1, 0.15) is 6.23 Å². The molecule has 0 spiro atoms. The highest BCUT2D eigenvalue weighted by Gasteiger charge is 2.30. The van der Waals surface area contributed by atoms with Gasteiger partial charge in [-0.25, -0.2) is 8.42 Å². The normalized spacial score (nSPS) is 17.2. The first kappa shape index (κ1) is 16.7. The van der Waals surface area contributed by atoms with Crippen LogP contribution >= 0.6 is 0 Å². The molecule has 1 aliphatic heterocycles. The second kappa shape index (κ2) is 6.63. The molecule has 0 radical (unpaired) electrons. The Balaban J connectivity index is 2.25. The molecule has 9 heteroatoms. The van der Waals surface area contributed by atoms with E-state index in [4.69, 9.17) is 14.7 Å². The number of benzene rings is 1. The predicted molar refractivity (Wildman–Crippen MR) is 77.3 cm³/mol. The number of aliphatic hydroxyl groups is 1. The highest BCUT2D eigenvalue weighted by Crippen LogP contribution is 2.31. The van der Waals surface area contributed by atoms with Crippen LogP contribution in [0.25, 0.3) is 0 Å². The maximum atomic E-state index is 12.6. The number of methoxy groups -OCH3 is 2. The van der Waals surface area contributed by atoms with Crippen molar-refractivity contribution >= 4 is 10.0 Å². The Morgan fingerprint density at radius 2 is 1.95 bits per heavy atom. The van der Waals surface area contributed by atoms with Gasteiger partial charge < -0.3 is 19.8 Å². The lowest BCUT2D eigenvalue weighted by Crippen LogP contribution is -2.33. The fraction of sp³-hybridized carbons (Fsp3) is 0.385. The van der Waals surface area contributed by atoms with Crippen molar-refractivity contribution in [1.82, 2.24) is 9.79 Å². The van der Waals surface area contributed by atoms with Gasteiger partial charge in [-0.1, -0.05) is 6.08 Å². The van der Waals surface area contributed by atoms with Crippen LogP contribution in [-0.4, -0.2) is 56.6 Å². The van der Waals surface area contributed by atoms with Crippen LogP contribution < -0.4 is 15.0 Å². The number of nitrogens with zero attached hydrogens (tertiary/aromatic N) is 1. The van der Waals surface area contributed by atoms with E-state index in [0.29, 0.717) is 17.1 Å². The standard InChI is InChI=1S/C13H18N2O6S/c1-20-11-4-3-10(7-12(11)21-2)22(18,19)15-6-5-9(8-15)13(16)14-17/h3-5,7,13-14,16-17H,6,8H2,1-2H3. The Labute approximate surface area is 128 Å². The van der Waals surface area contributed by atoms with Gasteiger partial charge in [-0.3, -0.25) is 0 Å². The summed E-state index contributed by atoms with van der Waals surface area (Å²) in [6.07, 6.45) is 0.261. The minimum atomic E-state index is -3.75. The average Bonchev–Trinajstić information content (AvgIpc) is 3.04. The Morgan fingerprint density at radius 3 is 2.55 bits per heavy atom. The van der Waals surface area contributed by atoms with Crippen molar-refractivity contribution in [3.63, 3.8) is 0 Å². The molecule has 2 rings (SSSR count). The molecule has 1 aromatic carbocycles. The summed E-state index contributed by atoms with van der Waals surface area (Å²) in [6, 6.07) is 4.32. The molecule has 1 heterocycles. The van der Waals surface area contributed by atoms with Crippen LogP contribution in [0.1, 0.15) is 0 Å². The predicted octanol–water partition coefficient (Wildman–Crippen LogP) is -0.0683. The van der Waals surface area contributed by atoms with Gasteiger partial charge in [0, 0.05) is 19.2 Å². The van der Waals surface area contributed by atoms with Crippen LogP contribution in [-0.2, 0) is 10.0 Å². The summed E-state index contributed by atoms with van der Waals surface area (Å²) in [5, 5.41) is 18.2. The number of hydroxylamine groups is 1. The quantitative estimate of drug-likeness (QED) is 0.381. The van der Waals surface area contributed by atoms with E-state index in [-0.39, 0.29) is 18.0 Å². The lowest BCUT2D eigenvalue weighted by Gasteiger charge is -2.18. The van der Waals surface area contributed by atoms with Crippen LogP contribution in [0.4, 0.5) is 0 Å². The SMILES string of the molecule is COc1ccc(S(=O)(=O)N2CC=C(C(O)NO)C2)cc1OC. The van der Waals surface area contributed by atoms with E-state index in [2.05, 4.69) is 0 Å². The summed E-state index contributed by atoms with van der Waals surface area (Å²) in [4.78, 5) is 0.0613. The summed E-state index contributed by atoms with van der Waals surface area (Å²) in [5.41, 5.74) is 2.06. The molecule has 0 aliphatic carbocycles. The van der Waals surface area contributed by atoms with Gasteiger partial charge in [-0.2, -0.15) is 9.79 Å². The van der Waals surface area contributed by atoms with Crippen molar-refractivity contribution in [3.05, 3.63) is 29.8 Å². The zero-order valence-electron chi connectivity index (χ0n) is 12.2. The van der Waals surface area contributed by atoms with E-state index in [1.165, 1.54) is 36.7 Å². The first-order valence-electron chi connectivity index (χ1n) is 6.42. The zero-order chi connectivity index (χ0) is 16.3. The molecular formula is C13H18N2O6S. The van der Waals surface area contributed by atoms with Crippen LogP contribution in [0.3, 0.4) is 0 Å². The molecule has 1 atom stereocenters. The largest absolute Gasteiger partial charge is 0.493 e. The van der Waals surface area contributed by atoms with Crippen molar-refractivity contribution in [3.8, 4) is 11.5 Å². The zero-order valence-corrected chi connectivity index (χ0v) is 13.0. The number of aliphatic hydroxyl groups excluding tert-OH is 1. The van der Waals surface area contributed by atoms with E-state index >= 15 is 0 Å². The molecule has 0 saturated carbocycles. The molecule has 0 aromatic heterocycles. The molecular weight excluding hydrogens is 312 g/mol. The minimum absolute atomic E-state index is 0.00853. The Hall–Kier alpha value is -1.65. The van der Waals surface area contributed by atoms with Gasteiger partial charge in [-0.15, -0.1) is 0 Å². The number of sulfonamides is 1. The summed E-state index contributed by atoms with van der Waals surface area (Å²) >= 11 is 0. The number of ether oxygens (including phenoxy) is 2. The minimum Gasteiger partial charge on any atom is -0.493 e. The van der Waals surface area contributed by atoms with Crippen molar-refractivity contribution in [1.29, 1.82) is 0 Å². The van der Waals surface area contributed by atoms with Gasteiger partial charge in [0.05, 0.1) is 19.1 Å². The third kappa shape index (κ3) is 3.08. The Bertz CT molecular complexity index is 673. The number of hydrogen-bond donors (Lipinski definition) is 3. The summed E-state index contributed by atoms with van der Waals surface area (Å²) in [7, 11) is -0.858. The molecule has 0 amide bonds. The highest BCUT2D eigenvalue weighted by molar-refractivity contribution is 7.89. The lowest BCUT2D eigenvalue weighted by atomic mass is 10.2. The Morgan fingerprint density at radius 1 is 1.27 bits per heavy atom.